The monoisotopic (exact) mass is 418 g/mol. The number of carbonyl (C=O) groups is 1. The van der Waals surface area contributed by atoms with Gasteiger partial charge in [0.25, 0.3) is 11.6 Å². The molecule has 0 bridgehead atoms. The highest BCUT2D eigenvalue weighted by Crippen LogP contribution is 2.24. The van der Waals surface area contributed by atoms with Gasteiger partial charge in [0, 0.05) is 44.0 Å². The van der Waals surface area contributed by atoms with Crippen molar-refractivity contribution in [1.82, 2.24) is 4.90 Å². The van der Waals surface area contributed by atoms with Gasteiger partial charge in [-0.1, -0.05) is 45.0 Å². The van der Waals surface area contributed by atoms with Crippen molar-refractivity contribution < 1.29 is 9.72 Å². The Labute approximate surface area is 182 Å². The number of hydrogen-bond donors (Lipinski definition) is 0. The van der Waals surface area contributed by atoms with E-state index in [4.69, 9.17) is 0 Å². The van der Waals surface area contributed by atoms with Crippen LogP contribution in [0.3, 0.4) is 0 Å². The Hall–Kier alpha value is -3.66. The molecule has 0 aliphatic carbocycles. The number of anilines is 1. The molecular formula is C24H26N4O3. The minimum Gasteiger partial charge on any atom is -0.368 e. The van der Waals surface area contributed by atoms with Gasteiger partial charge in [-0.2, -0.15) is 5.26 Å². The lowest BCUT2D eigenvalue weighted by Gasteiger charge is -2.36. The zero-order chi connectivity index (χ0) is 22.6. The van der Waals surface area contributed by atoms with E-state index in [0.29, 0.717) is 26.2 Å². The molecule has 1 aliphatic heterocycles. The second-order valence-corrected chi connectivity index (χ2v) is 8.59. The molecule has 0 saturated carbocycles. The van der Waals surface area contributed by atoms with Crippen molar-refractivity contribution in [2.24, 2.45) is 0 Å². The molecule has 160 valence electrons. The van der Waals surface area contributed by atoms with E-state index in [-0.39, 0.29) is 22.6 Å². The molecule has 0 N–H and O–H groups in total. The number of nitriles is 1. The Morgan fingerprint density at radius 3 is 2.10 bits per heavy atom. The summed E-state index contributed by atoms with van der Waals surface area (Å²) in [5.41, 5.74) is 3.11. The van der Waals surface area contributed by atoms with Crippen LogP contribution in [0, 0.1) is 21.4 Å². The summed E-state index contributed by atoms with van der Waals surface area (Å²) in [6, 6.07) is 16.3. The summed E-state index contributed by atoms with van der Waals surface area (Å²) in [4.78, 5) is 27.0. The molecule has 0 unspecified atom stereocenters. The molecule has 1 fully saturated rings. The molecule has 3 rings (SSSR count). The fraction of sp³-hybridized carbons (Fsp3) is 0.333. The van der Waals surface area contributed by atoms with Crippen LogP contribution >= 0.6 is 0 Å². The largest absolute Gasteiger partial charge is 0.368 e. The lowest BCUT2D eigenvalue weighted by Crippen LogP contribution is -2.49. The van der Waals surface area contributed by atoms with E-state index in [1.165, 1.54) is 17.7 Å². The van der Waals surface area contributed by atoms with Crippen LogP contribution in [-0.2, 0) is 10.2 Å². The number of benzene rings is 2. The van der Waals surface area contributed by atoms with Crippen LogP contribution < -0.4 is 4.90 Å². The summed E-state index contributed by atoms with van der Waals surface area (Å²) in [5.74, 6) is -0.272. The van der Waals surface area contributed by atoms with E-state index in [2.05, 4.69) is 25.7 Å². The van der Waals surface area contributed by atoms with E-state index in [1.54, 1.807) is 23.1 Å². The number of piperazine rings is 1. The SMILES string of the molecule is CC(C)(C)c1ccc(/C=C(\C#N)C(=O)N2CCN(c3ccc([N+](=O)[O-])cc3)CC2)cc1. The van der Waals surface area contributed by atoms with Gasteiger partial charge >= 0.3 is 0 Å². The van der Waals surface area contributed by atoms with Crippen molar-refractivity contribution in [3.05, 3.63) is 75.3 Å². The van der Waals surface area contributed by atoms with Gasteiger partial charge in [-0.3, -0.25) is 14.9 Å². The maximum absolute atomic E-state index is 12.9. The van der Waals surface area contributed by atoms with Crippen LogP contribution in [0.15, 0.2) is 54.1 Å². The van der Waals surface area contributed by atoms with Gasteiger partial charge in [-0.15, -0.1) is 0 Å². The molecule has 1 amide bonds. The van der Waals surface area contributed by atoms with E-state index in [1.807, 2.05) is 30.3 Å². The van der Waals surface area contributed by atoms with Crippen LogP contribution in [0.4, 0.5) is 11.4 Å². The van der Waals surface area contributed by atoms with Crippen molar-refractivity contribution >= 4 is 23.4 Å². The molecule has 2 aromatic rings. The predicted octanol–water partition coefficient (Wildman–Crippen LogP) is 4.15. The number of nitrogens with zero attached hydrogens (tertiary/aromatic N) is 4. The second kappa shape index (κ2) is 9.00. The first-order valence-corrected chi connectivity index (χ1v) is 10.2. The minimum absolute atomic E-state index is 0.0411. The van der Waals surface area contributed by atoms with Crippen molar-refractivity contribution in [2.75, 3.05) is 31.1 Å². The molecule has 1 saturated heterocycles. The topological polar surface area (TPSA) is 90.5 Å². The van der Waals surface area contributed by atoms with E-state index >= 15 is 0 Å². The minimum atomic E-state index is -0.424. The first-order chi connectivity index (χ1) is 14.7. The van der Waals surface area contributed by atoms with Gasteiger partial charge in [0.05, 0.1) is 4.92 Å². The predicted molar refractivity (Wildman–Crippen MR) is 121 cm³/mol. The zero-order valence-electron chi connectivity index (χ0n) is 18.0. The molecule has 0 aromatic heterocycles. The highest BCUT2D eigenvalue weighted by atomic mass is 16.6. The number of nitro groups is 1. The quantitative estimate of drug-likeness (QED) is 0.322. The Bertz CT molecular complexity index is 1020. The molecule has 7 nitrogen and oxygen atoms in total. The molecule has 31 heavy (non-hydrogen) atoms. The standard InChI is InChI=1S/C24H26N4O3/c1-24(2,3)20-6-4-18(5-7-20)16-19(17-25)23(29)27-14-12-26(13-15-27)21-8-10-22(11-9-21)28(30)31/h4-11,16H,12-15H2,1-3H3/b19-16+. The summed E-state index contributed by atoms with van der Waals surface area (Å²) in [5, 5.41) is 20.3. The highest BCUT2D eigenvalue weighted by Gasteiger charge is 2.24. The van der Waals surface area contributed by atoms with Gasteiger partial charge in [0.1, 0.15) is 11.6 Å². The molecule has 0 atom stereocenters. The lowest BCUT2D eigenvalue weighted by molar-refractivity contribution is -0.384. The summed E-state index contributed by atoms with van der Waals surface area (Å²) in [7, 11) is 0. The number of rotatable bonds is 4. The number of amides is 1. The average Bonchev–Trinajstić information content (AvgIpc) is 2.77. The van der Waals surface area contributed by atoms with E-state index < -0.39 is 4.92 Å². The maximum Gasteiger partial charge on any atom is 0.269 e. The van der Waals surface area contributed by atoms with Crippen molar-refractivity contribution in [2.45, 2.75) is 26.2 Å². The number of hydrogen-bond acceptors (Lipinski definition) is 5. The molecule has 0 spiro atoms. The molecule has 0 radical (unpaired) electrons. The van der Waals surface area contributed by atoms with Crippen LogP contribution in [-0.4, -0.2) is 41.9 Å². The third kappa shape index (κ3) is 5.28. The van der Waals surface area contributed by atoms with Crippen LogP contribution in [0.2, 0.25) is 0 Å². The van der Waals surface area contributed by atoms with E-state index in [9.17, 15) is 20.2 Å². The van der Waals surface area contributed by atoms with Gasteiger partial charge in [0.15, 0.2) is 0 Å². The van der Waals surface area contributed by atoms with Gasteiger partial charge in [0.2, 0.25) is 0 Å². The first-order valence-electron chi connectivity index (χ1n) is 10.2. The number of nitro benzene ring substituents is 1. The maximum atomic E-state index is 12.9. The molecule has 2 aromatic carbocycles. The average molecular weight is 418 g/mol. The van der Waals surface area contributed by atoms with Crippen molar-refractivity contribution in [3.8, 4) is 6.07 Å². The number of carbonyl (C=O) groups excluding carboxylic acids is 1. The molecular weight excluding hydrogens is 392 g/mol. The first kappa shape index (κ1) is 22.0. The Balaban J connectivity index is 1.65. The third-order valence-corrected chi connectivity index (χ3v) is 5.43. The van der Waals surface area contributed by atoms with Crippen LogP contribution in [0.5, 0.6) is 0 Å². The van der Waals surface area contributed by atoms with Crippen molar-refractivity contribution in [1.29, 1.82) is 5.26 Å². The highest BCUT2D eigenvalue weighted by molar-refractivity contribution is 6.01. The van der Waals surface area contributed by atoms with Gasteiger partial charge < -0.3 is 9.80 Å². The fourth-order valence-electron chi connectivity index (χ4n) is 3.51. The summed E-state index contributed by atoms with van der Waals surface area (Å²) < 4.78 is 0. The second-order valence-electron chi connectivity index (χ2n) is 8.59. The molecule has 7 heteroatoms. The summed E-state index contributed by atoms with van der Waals surface area (Å²) in [6.07, 6.45) is 1.64. The Morgan fingerprint density at radius 2 is 1.61 bits per heavy atom. The lowest BCUT2D eigenvalue weighted by atomic mass is 9.86. The van der Waals surface area contributed by atoms with Gasteiger partial charge in [-0.05, 0) is 34.8 Å². The van der Waals surface area contributed by atoms with Crippen LogP contribution in [0.25, 0.3) is 6.08 Å². The Kier molecular flexibility index (Phi) is 6.40. The fourth-order valence-corrected chi connectivity index (χ4v) is 3.51. The normalized spacial score (nSPS) is 14.8. The summed E-state index contributed by atoms with van der Waals surface area (Å²) in [6.45, 7) is 8.58. The Morgan fingerprint density at radius 1 is 1.03 bits per heavy atom. The molecule has 1 aliphatic rings. The van der Waals surface area contributed by atoms with E-state index in [0.717, 1.165) is 11.3 Å². The smallest absolute Gasteiger partial charge is 0.269 e. The van der Waals surface area contributed by atoms with Crippen molar-refractivity contribution in [3.63, 3.8) is 0 Å². The summed E-state index contributed by atoms with van der Waals surface area (Å²) >= 11 is 0. The molecule has 1 heterocycles. The van der Waals surface area contributed by atoms with Crippen LogP contribution in [0.1, 0.15) is 31.9 Å². The number of non-ortho nitro benzene ring substituents is 1. The zero-order valence-corrected chi connectivity index (χ0v) is 18.0. The van der Waals surface area contributed by atoms with Gasteiger partial charge in [-0.25, -0.2) is 0 Å². The third-order valence-electron chi connectivity index (χ3n) is 5.43.